The molecule has 0 radical (unpaired) electrons. The summed E-state index contributed by atoms with van der Waals surface area (Å²) in [6.45, 7) is 2.49. The Morgan fingerprint density at radius 1 is 1.40 bits per heavy atom. The molecular weight excluding hydrogens is 362 g/mol. The fourth-order valence-electron chi connectivity index (χ4n) is 1.65. The molecule has 20 heavy (non-hydrogen) atoms. The lowest BCUT2D eigenvalue weighted by Crippen LogP contribution is -2.14. The quantitative estimate of drug-likeness (QED) is 0.842. The van der Waals surface area contributed by atoms with Crippen molar-refractivity contribution in [2.24, 2.45) is 0 Å². The molecule has 1 aromatic heterocycles. The first kappa shape index (κ1) is 15.4. The Labute approximate surface area is 130 Å². The zero-order valence-corrected chi connectivity index (χ0v) is 14.2. The second-order valence-corrected chi connectivity index (χ2v) is 7.56. The molecule has 2 N–H and O–H groups in total. The molecule has 0 saturated carbocycles. The van der Waals surface area contributed by atoms with Crippen LogP contribution in [0.4, 0.5) is 5.13 Å². The molecule has 2 rings (SSSR count). The summed E-state index contributed by atoms with van der Waals surface area (Å²) >= 11 is 4.57. The van der Waals surface area contributed by atoms with E-state index in [0.29, 0.717) is 16.1 Å². The number of sulfonamides is 1. The van der Waals surface area contributed by atoms with Crippen LogP contribution in [0.2, 0.25) is 0 Å². The Bertz CT molecular complexity index is 713. The maximum Gasteiger partial charge on any atom is 0.264 e. The van der Waals surface area contributed by atoms with E-state index >= 15 is 0 Å². The lowest BCUT2D eigenvalue weighted by Gasteiger charge is -2.09. The molecule has 1 heterocycles. The molecular formula is C12H14BrN3O2S2. The van der Waals surface area contributed by atoms with Crippen molar-refractivity contribution in [3.63, 3.8) is 0 Å². The van der Waals surface area contributed by atoms with Crippen LogP contribution in [0.15, 0.2) is 32.9 Å². The number of thiazole rings is 1. The van der Waals surface area contributed by atoms with Crippen LogP contribution < -0.4 is 10.0 Å². The summed E-state index contributed by atoms with van der Waals surface area (Å²) in [6, 6.07) is 5.15. The maximum absolute atomic E-state index is 12.3. The van der Waals surface area contributed by atoms with Crippen molar-refractivity contribution in [3.05, 3.63) is 39.3 Å². The predicted molar refractivity (Wildman–Crippen MR) is 84.6 cm³/mol. The summed E-state index contributed by atoms with van der Waals surface area (Å²) < 4.78 is 27.6. The van der Waals surface area contributed by atoms with Gasteiger partial charge in [-0.1, -0.05) is 6.07 Å². The lowest BCUT2D eigenvalue weighted by molar-refractivity contribution is 0.600. The van der Waals surface area contributed by atoms with Gasteiger partial charge in [0.05, 0.1) is 5.69 Å². The summed E-state index contributed by atoms with van der Waals surface area (Å²) in [5, 5.41) is 5.18. The molecule has 0 saturated heterocycles. The van der Waals surface area contributed by atoms with Crippen LogP contribution in [0.1, 0.15) is 11.3 Å². The number of halogens is 1. The van der Waals surface area contributed by atoms with Crippen LogP contribution >= 0.6 is 27.3 Å². The summed E-state index contributed by atoms with van der Waals surface area (Å²) in [5.41, 5.74) is 1.79. The number of nitrogens with zero attached hydrogens (tertiary/aromatic N) is 1. The van der Waals surface area contributed by atoms with Gasteiger partial charge in [0.15, 0.2) is 5.13 Å². The predicted octanol–water partition coefficient (Wildman–Crippen LogP) is 2.73. The van der Waals surface area contributed by atoms with Crippen molar-refractivity contribution in [2.75, 3.05) is 11.8 Å². The van der Waals surface area contributed by atoms with Crippen molar-refractivity contribution in [3.8, 4) is 0 Å². The van der Waals surface area contributed by atoms with Gasteiger partial charge < -0.3 is 5.32 Å². The van der Waals surface area contributed by atoms with Gasteiger partial charge in [-0.2, -0.15) is 0 Å². The highest BCUT2D eigenvalue weighted by Crippen LogP contribution is 2.26. The first-order valence-corrected chi connectivity index (χ1v) is 8.96. The molecule has 0 bridgehead atoms. The minimum atomic E-state index is -3.63. The molecule has 0 aliphatic carbocycles. The number of aryl methyl sites for hydroxylation is 1. The van der Waals surface area contributed by atoms with E-state index in [4.69, 9.17) is 0 Å². The van der Waals surface area contributed by atoms with Crippen molar-refractivity contribution >= 4 is 42.4 Å². The summed E-state index contributed by atoms with van der Waals surface area (Å²) in [5.74, 6) is 0. The van der Waals surface area contributed by atoms with Crippen LogP contribution in [-0.4, -0.2) is 20.4 Å². The molecule has 0 aliphatic rings. The van der Waals surface area contributed by atoms with Crippen LogP contribution in [0.3, 0.4) is 0 Å². The third kappa shape index (κ3) is 3.57. The SMILES string of the molecule is CNCc1ccc(S(=O)(=O)Nc2nc(C)cs2)c(Br)c1. The first-order valence-electron chi connectivity index (χ1n) is 5.80. The van der Waals surface area contributed by atoms with Gasteiger partial charge in [-0.15, -0.1) is 11.3 Å². The molecule has 5 nitrogen and oxygen atoms in total. The third-order valence-electron chi connectivity index (χ3n) is 2.51. The van der Waals surface area contributed by atoms with Crippen LogP contribution in [0.25, 0.3) is 0 Å². The molecule has 0 atom stereocenters. The lowest BCUT2D eigenvalue weighted by atomic mass is 10.2. The molecule has 0 spiro atoms. The summed E-state index contributed by atoms with van der Waals surface area (Å²) in [7, 11) is -1.79. The molecule has 8 heteroatoms. The van der Waals surface area contributed by atoms with Gasteiger partial charge in [-0.25, -0.2) is 13.4 Å². The normalized spacial score (nSPS) is 11.6. The van der Waals surface area contributed by atoms with E-state index in [1.54, 1.807) is 23.6 Å². The van der Waals surface area contributed by atoms with Crippen molar-refractivity contribution in [1.82, 2.24) is 10.3 Å². The van der Waals surface area contributed by atoms with Gasteiger partial charge in [0.1, 0.15) is 4.90 Å². The highest BCUT2D eigenvalue weighted by Gasteiger charge is 2.19. The highest BCUT2D eigenvalue weighted by atomic mass is 79.9. The van der Waals surface area contributed by atoms with E-state index in [2.05, 4.69) is 31.0 Å². The van der Waals surface area contributed by atoms with Crippen LogP contribution in [0, 0.1) is 6.92 Å². The average molecular weight is 376 g/mol. The number of nitrogens with one attached hydrogen (secondary N) is 2. The Morgan fingerprint density at radius 3 is 2.70 bits per heavy atom. The Balaban J connectivity index is 2.29. The third-order valence-corrected chi connectivity index (χ3v) is 5.83. The van der Waals surface area contributed by atoms with E-state index < -0.39 is 10.0 Å². The van der Waals surface area contributed by atoms with Crippen molar-refractivity contribution in [2.45, 2.75) is 18.4 Å². The average Bonchev–Trinajstić information content (AvgIpc) is 2.74. The van der Waals surface area contributed by atoms with E-state index in [-0.39, 0.29) is 4.90 Å². The number of rotatable bonds is 5. The maximum atomic E-state index is 12.3. The van der Waals surface area contributed by atoms with E-state index in [0.717, 1.165) is 11.3 Å². The van der Waals surface area contributed by atoms with Gasteiger partial charge in [0.25, 0.3) is 10.0 Å². The second kappa shape index (κ2) is 6.21. The number of benzene rings is 1. The largest absolute Gasteiger partial charge is 0.316 e. The molecule has 0 amide bonds. The van der Waals surface area contributed by atoms with Crippen molar-refractivity contribution in [1.29, 1.82) is 0 Å². The number of hydrogen-bond acceptors (Lipinski definition) is 5. The van der Waals surface area contributed by atoms with Gasteiger partial charge >= 0.3 is 0 Å². The standard InChI is InChI=1S/C12H14BrN3O2S2/c1-8-7-19-12(15-8)16-20(17,18)11-4-3-9(6-14-2)5-10(11)13/h3-5,7,14H,6H2,1-2H3,(H,15,16). The topological polar surface area (TPSA) is 71.1 Å². The molecule has 0 unspecified atom stereocenters. The number of anilines is 1. The fourth-order valence-corrected chi connectivity index (χ4v) is 4.71. The van der Waals surface area contributed by atoms with E-state index in [1.807, 2.05) is 14.0 Å². The molecule has 108 valence electrons. The Kier molecular flexibility index (Phi) is 4.79. The van der Waals surface area contributed by atoms with Gasteiger partial charge in [-0.3, -0.25) is 4.72 Å². The highest BCUT2D eigenvalue weighted by molar-refractivity contribution is 9.10. The smallest absolute Gasteiger partial charge is 0.264 e. The minimum absolute atomic E-state index is 0.199. The van der Waals surface area contributed by atoms with E-state index in [1.165, 1.54) is 11.3 Å². The Hall–Kier alpha value is -0.960. The fraction of sp³-hybridized carbons (Fsp3) is 0.250. The van der Waals surface area contributed by atoms with Crippen molar-refractivity contribution < 1.29 is 8.42 Å². The molecule has 0 aliphatic heterocycles. The van der Waals surface area contributed by atoms with Gasteiger partial charge in [0.2, 0.25) is 0 Å². The second-order valence-electron chi connectivity index (χ2n) is 4.19. The molecule has 2 aromatic rings. The zero-order valence-electron chi connectivity index (χ0n) is 11.0. The number of aromatic nitrogens is 1. The number of hydrogen-bond donors (Lipinski definition) is 2. The summed E-state index contributed by atoms with van der Waals surface area (Å²) in [4.78, 5) is 4.30. The minimum Gasteiger partial charge on any atom is -0.316 e. The molecule has 0 fully saturated rings. The summed E-state index contributed by atoms with van der Waals surface area (Å²) in [6.07, 6.45) is 0. The van der Waals surface area contributed by atoms with Gasteiger partial charge in [0, 0.05) is 16.4 Å². The monoisotopic (exact) mass is 375 g/mol. The van der Waals surface area contributed by atoms with Crippen LogP contribution in [0.5, 0.6) is 0 Å². The Morgan fingerprint density at radius 2 is 2.15 bits per heavy atom. The van der Waals surface area contributed by atoms with Gasteiger partial charge in [-0.05, 0) is 47.6 Å². The van der Waals surface area contributed by atoms with Crippen LogP contribution in [-0.2, 0) is 16.6 Å². The molecule has 1 aromatic carbocycles. The first-order chi connectivity index (χ1) is 9.42. The zero-order chi connectivity index (χ0) is 14.8. The van der Waals surface area contributed by atoms with E-state index in [9.17, 15) is 8.42 Å².